The zero-order chi connectivity index (χ0) is 22.2. The Bertz CT molecular complexity index is 441. The first kappa shape index (κ1) is 26.4. The van der Waals surface area contributed by atoms with Crippen LogP contribution in [-0.2, 0) is 28.6 Å². The maximum atomic E-state index is 12.0. The Labute approximate surface area is 170 Å². The molecule has 0 aromatic heterocycles. The summed E-state index contributed by atoms with van der Waals surface area (Å²) in [5.41, 5.74) is -1.58. The van der Waals surface area contributed by atoms with Crippen molar-refractivity contribution in [3.63, 3.8) is 0 Å². The molecule has 6 nitrogen and oxygen atoms in total. The SMILES string of the molecule is CC(C)(C)OC(=O)CCC(CCC(=O)OC(C)(C)C)CCC(=O)OC(C)(C)C. The van der Waals surface area contributed by atoms with E-state index in [0.29, 0.717) is 19.3 Å². The van der Waals surface area contributed by atoms with Crippen LogP contribution in [0.4, 0.5) is 0 Å². The van der Waals surface area contributed by atoms with E-state index in [0.717, 1.165) is 0 Å². The van der Waals surface area contributed by atoms with Gasteiger partial charge >= 0.3 is 17.9 Å². The lowest BCUT2D eigenvalue weighted by Crippen LogP contribution is -2.26. The second-order valence-electron chi connectivity index (χ2n) is 10.2. The van der Waals surface area contributed by atoms with Gasteiger partial charge in [-0.1, -0.05) is 0 Å². The number of esters is 3. The van der Waals surface area contributed by atoms with Crippen LogP contribution in [-0.4, -0.2) is 34.7 Å². The van der Waals surface area contributed by atoms with Crippen molar-refractivity contribution in [3.8, 4) is 0 Å². The van der Waals surface area contributed by atoms with E-state index in [1.165, 1.54) is 0 Å². The molecule has 0 aromatic carbocycles. The molecular weight excluding hydrogens is 360 g/mol. The zero-order valence-corrected chi connectivity index (χ0v) is 19.3. The lowest BCUT2D eigenvalue weighted by atomic mass is 9.92. The molecule has 0 aromatic rings. The highest BCUT2D eigenvalue weighted by atomic mass is 16.6. The third kappa shape index (κ3) is 16.6. The summed E-state index contributed by atoms with van der Waals surface area (Å²) in [6.45, 7) is 16.4. The molecule has 6 heteroatoms. The predicted molar refractivity (Wildman–Crippen MR) is 109 cm³/mol. The van der Waals surface area contributed by atoms with E-state index >= 15 is 0 Å². The molecule has 0 fully saturated rings. The van der Waals surface area contributed by atoms with Gasteiger partial charge in [-0.2, -0.15) is 0 Å². The number of carbonyl (C=O) groups is 3. The summed E-state index contributed by atoms with van der Waals surface area (Å²) >= 11 is 0. The third-order valence-electron chi connectivity index (χ3n) is 3.53. The van der Waals surface area contributed by atoms with E-state index in [1.54, 1.807) is 0 Å². The fourth-order valence-corrected chi connectivity index (χ4v) is 2.58. The van der Waals surface area contributed by atoms with Crippen molar-refractivity contribution in [3.05, 3.63) is 0 Å². The first-order chi connectivity index (χ1) is 12.5. The molecule has 0 heterocycles. The smallest absolute Gasteiger partial charge is 0.306 e. The number of rotatable bonds is 9. The normalized spacial score (nSPS) is 12.6. The van der Waals surface area contributed by atoms with Crippen molar-refractivity contribution in [2.45, 2.75) is 118 Å². The van der Waals surface area contributed by atoms with Crippen LogP contribution in [0.1, 0.15) is 101 Å². The van der Waals surface area contributed by atoms with E-state index < -0.39 is 16.8 Å². The molecule has 0 aliphatic heterocycles. The third-order valence-corrected chi connectivity index (χ3v) is 3.53. The molecule has 0 spiro atoms. The molecule has 0 saturated heterocycles. The van der Waals surface area contributed by atoms with E-state index in [9.17, 15) is 14.4 Å². The van der Waals surface area contributed by atoms with Crippen LogP contribution in [0.15, 0.2) is 0 Å². The summed E-state index contributed by atoms with van der Waals surface area (Å²) in [5.74, 6) is -0.779. The van der Waals surface area contributed by atoms with E-state index in [1.807, 2.05) is 62.3 Å². The van der Waals surface area contributed by atoms with Gasteiger partial charge in [0.05, 0.1) is 0 Å². The Kier molecular flexibility index (Phi) is 10.2. The van der Waals surface area contributed by atoms with Crippen LogP contribution >= 0.6 is 0 Å². The lowest BCUT2D eigenvalue weighted by molar-refractivity contribution is -0.155. The Morgan fingerprint density at radius 3 is 0.929 bits per heavy atom. The number of hydrogen-bond acceptors (Lipinski definition) is 6. The summed E-state index contributed by atoms with van der Waals surface area (Å²) in [6, 6.07) is 0. The second-order valence-corrected chi connectivity index (χ2v) is 10.2. The highest BCUT2D eigenvalue weighted by Gasteiger charge is 2.22. The van der Waals surface area contributed by atoms with Gasteiger partial charge in [0.15, 0.2) is 0 Å². The molecule has 0 aliphatic carbocycles. The topological polar surface area (TPSA) is 78.9 Å². The number of ether oxygens (including phenoxy) is 3. The van der Waals surface area contributed by atoms with Crippen molar-refractivity contribution in [1.82, 2.24) is 0 Å². The average molecular weight is 401 g/mol. The largest absolute Gasteiger partial charge is 0.460 e. The molecule has 0 bridgehead atoms. The van der Waals surface area contributed by atoms with Crippen molar-refractivity contribution in [2.75, 3.05) is 0 Å². The highest BCUT2D eigenvalue weighted by molar-refractivity contribution is 5.71. The molecule has 0 atom stereocenters. The fraction of sp³-hybridized carbons (Fsp3) is 0.864. The van der Waals surface area contributed by atoms with Crippen LogP contribution in [0, 0.1) is 5.92 Å². The fourth-order valence-electron chi connectivity index (χ4n) is 2.58. The second kappa shape index (κ2) is 10.8. The van der Waals surface area contributed by atoms with Crippen LogP contribution in [0.3, 0.4) is 0 Å². The lowest BCUT2D eigenvalue weighted by Gasteiger charge is -2.23. The molecule has 0 saturated carbocycles. The van der Waals surface area contributed by atoms with Crippen molar-refractivity contribution in [1.29, 1.82) is 0 Å². The molecule has 0 radical (unpaired) electrons. The molecule has 28 heavy (non-hydrogen) atoms. The van der Waals surface area contributed by atoms with Crippen LogP contribution in [0.25, 0.3) is 0 Å². The highest BCUT2D eigenvalue weighted by Crippen LogP contribution is 2.23. The van der Waals surface area contributed by atoms with Gasteiger partial charge in [0.1, 0.15) is 16.8 Å². The first-order valence-electron chi connectivity index (χ1n) is 10.1. The standard InChI is InChI=1S/C22H40O6/c1-20(2,3)26-17(23)13-10-16(11-14-18(24)27-21(4,5)6)12-15-19(25)28-22(7,8)9/h16H,10-15H2,1-9H3. The van der Waals surface area contributed by atoms with Gasteiger partial charge < -0.3 is 14.2 Å². The minimum absolute atomic E-state index is 0.0348. The van der Waals surface area contributed by atoms with Gasteiger partial charge in [0, 0.05) is 19.3 Å². The van der Waals surface area contributed by atoms with Gasteiger partial charge in [-0.05, 0) is 87.5 Å². The summed E-state index contributed by atoms with van der Waals surface area (Å²) in [5, 5.41) is 0. The van der Waals surface area contributed by atoms with Gasteiger partial charge in [0.2, 0.25) is 0 Å². The Balaban J connectivity index is 4.71. The summed E-state index contributed by atoms with van der Waals surface area (Å²) in [6.07, 6.45) is 2.43. The van der Waals surface area contributed by atoms with Gasteiger partial charge in [-0.3, -0.25) is 14.4 Å². The van der Waals surface area contributed by atoms with Gasteiger partial charge in [0.25, 0.3) is 0 Å². The monoisotopic (exact) mass is 400 g/mol. The molecule has 0 aliphatic rings. The van der Waals surface area contributed by atoms with Gasteiger partial charge in [-0.25, -0.2) is 0 Å². The first-order valence-corrected chi connectivity index (χ1v) is 10.1. The van der Waals surface area contributed by atoms with E-state index in [-0.39, 0.29) is 43.1 Å². The number of carbonyl (C=O) groups excluding carboxylic acids is 3. The molecule has 0 amide bonds. The van der Waals surface area contributed by atoms with Crippen LogP contribution in [0.5, 0.6) is 0 Å². The molecular formula is C22H40O6. The Morgan fingerprint density at radius 1 is 0.536 bits per heavy atom. The maximum absolute atomic E-state index is 12.0. The van der Waals surface area contributed by atoms with Crippen molar-refractivity contribution < 1.29 is 28.6 Å². The minimum Gasteiger partial charge on any atom is -0.460 e. The van der Waals surface area contributed by atoms with Gasteiger partial charge in [-0.15, -0.1) is 0 Å². The molecule has 0 unspecified atom stereocenters. The quantitative estimate of drug-likeness (QED) is 0.402. The molecule has 0 N–H and O–H groups in total. The van der Waals surface area contributed by atoms with Crippen LogP contribution in [0.2, 0.25) is 0 Å². The summed E-state index contributed by atoms with van der Waals surface area (Å²) in [7, 11) is 0. The summed E-state index contributed by atoms with van der Waals surface area (Å²) < 4.78 is 16.0. The summed E-state index contributed by atoms with van der Waals surface area (Å²) in [4.78, 5) is 36.0. The zero-order valence-electron chi connectivity index (χ0n) is 19.3. The minimum atomic E-state index is -0.528. The Hall–Kier alpha value is -1.59. The van der Waals surface area contributed by atoms with Crippen molar-refractivity contribution >= 4 is 17.9 Å². The average Bonchev–Trinajstić information content (AvgIpc) is 2.40. The number of hydrogen-bond donors (Lipinski definition) is 0. The van der Waals surface area contributed by atoms with E-state index in [4.69, 9.17) is 14.2 Å². The predicted octanol–water partition coefficient (Wildman–Crippen LogP) is 4.97. The molecule has 164 valence electrons. The molecule has 0 rings (SSSR count). The van der Waals surface area contributed by atoms with Crippen molar-refractivity contribution in [2.24, 2.45) is 5.92 Å². The van der Waals surface area contributed by atoms with Crippen LogP contribution < -0.4 is 0 Å². The maximum Gasteiger partial charge on any atom is 0.306 e. The van der Waals surface area contributed by atoms with E-state index in [2.05, 4.69) is 0 Å². The Morgan fingerprint density at radius 2 is 0.750 bits per heavy atom.